The Balaban J connectivity index is 2.45. The van der Waals surface area contributed by atoms with E-state index in [1.165, 1.54) is 11.6 Å². The van der Waals surface area contributed by atoms with E-state index in [0.717, 1.165) is 24.2 Å². The van der Waals surface area contributed by atoms with Crippen molar-refractivity contribution in [3.05, 3.63) is 65.0 Å². The number of rotatable bonds is 5. The number of benzene rings is 1. The van der Waals surface area contributed by atoms with Gasteiger partial charge in [-0.3, -0.25) is 4.90 Å². The van der Waals surface area contributed by atoms with Crippen molar-refractivity contribution in [3.63, 3.8) is 0 Å². The summed E-state index contributed by atoms with van der Waals surface area (Å²) in [5.41, 5.74) is 3.52. The molecule has 0 aromatic heterocycles. The summed E-state index contributed by atoms with van der Waals surface area (Å²) in [6.45, 7) is 5.26. The van der Waals surface area contributed by atoms with Crippen molar-refractivity contribution in [2.24, 2.45) is 0 Å². The maximum absolute atomic E-state index is 12.8. The Morgan fingerprint density at radius 3 is 2.58 bits per heavy atom. The van der Waals surface area contributed by atoms with Gasteiger partial charge in [-0.2, -0.15) is 0 Å². The Morgan fingerprint density at radius 2 is 1.96 bits per heavy atom. The molecule has 1 heterocycles. The van der Waals surface area contributed by atoms with Crippen molar-refractivity contribution in [2.45, 2.75) is 39.7 Å². The lowest BCUT2D eigenvalue weighted by molar-refractivity contribution is -0.302. The smallest absolute Gasteiger partial charge is 0.405 e. The van der Waals surface area contributed by atoms with E-state index in [4.69, 9.17) is 0 Å². The minimum atomic E-state index is -4.72. The van der Waals surface area contributed by atoms with Gasteiger partial charge < -0.3 is 4.74 Å². The van der Waals surface area contributed by atoms with Gasteiger partial charge in [-0.05, 0) is 49.2 Å². The molecule has 2 rings (SSSR count). The van der Waals surface area contributed by atoms with Crippen LogP contribution < -0.4 is 0 Å². The third-order valence-electron chi connectivity index (χ3n) is 3.73. The summed E-state index contributed by atoms with van der Waals surface area (Å²) in [7, 11) is 2.02. The van der Waals surface area contributed by atoms with E-state index >= 15 is 0 Å². The third kappa shape index (κ3) is 4.74. The minimum Gasteiger partial charge on any atom is -0.405 e. The van der Waals surface area contributed by atoms with Gasteiger partial charge in [-0.25, -0.2) is 0 Å². The van der Waals surface area contributed by atoms with E-state index in [1.807, 2.05) is 32.2 Å². The second kappa shape index (κ2) is 7.71. The van der Waals surface area contributed by atoms with Gasteiger partial charge in [0.2, 0.25) is 0 Å². The highest BCUT2D eigenvalue weighted by Crippen LogP contribution is 2.33. The summed E-state index contributed by atoms with van der Waals surface area (Å²) < 4.78 is 42.6. The Labute approximate surface area is 140 Å². The van der Waals surface area contributed by atoms with E-state index in [0.29, 0.717) is 12.0 Å². The number of hydrogen-bond acceptors (Lipinski definition) is 2. The molecule has 5 heteroatoms. The Bertz CT molecular complexity index is 672. The number of nitrogens with zero attached hydrogens (tertiary/aromatic N) is 1. The van der Waals surface area contributed by atoms with Crippen LogP contribution in [0.15, 0.2) is 48.3 Å². The highest BCUT2D eigenvalue weighted by atomic mass is 19.4. The maximum Gasteiger partial charge on any atom is 0.573 e. The maximum atomic E-state index is 12.8. The molecule has 0 spiro atoms. The average Bonchev–Trinajstić information content (AvgIpc) is 2.85. The second-order valence-corrected chi connectivity index (χ2v) is 5.79. The Morgan fingerprint density at radius 1 is 1.25 bits per heavy atom. The van der Waals surface area contributed by atoms with Crippen molar-refractivity contribution < 1.29 is 17.9 Å². The summed E-state index contributed by atoms with van der Waals surface area (Å²) in [5.74, 6) is -0.158. The molecular formula is C19H22F3NO. The molecule has 0 aliphatic carbocycles. The van der Waals surface area contributed by atoms with Gasteiger partial charge in [-0.15, -0.1) is 13.2 Å². The molecule has 0 N–H and O–H groups in total. The highest BCUT2D eigenvalue weighted by molar-refractivity contribution is 5.79. The minimum absolute atomic E-state index is 0.158. The van der Waals surface area contributed by atoms with Gasteiger partial charge in [0.15, 0.2) is 0 Å². The monoisotopic (exact) mass is 337 g/mol. The topological polar surface area (TPSA) is 12.5 Å². The van der Waals surface area contributed by atoms with Crippen LogP contribution in [0, 0.1) is 0 Å². The van der Waals surface area contributed by atoms with Crippen LogP contribution in [-0.2, 0) is 17.8 Å². The summed E-state index contributed by atoms with van der Waals surface area (Å²) in [6.07, 6.45) is 2.35. The first-order valence-corrected chi connectivity index (χ1v) is 7.94. The van der Waals surface area contributed by atoms with Gasteiger partial charge in [0, 0.05) is 18.7 Å². The van der Waals surface area contributed by atoms with Gasteiger partial charge in [0.05, 0.1) is 0 Å². The molecule has 1 aliphatic rings. The number of halogens is 3. The number of allylic oxidation sites excluding steroid dienone is 5. The molecule has 0 unspecified atom stereocenters. The quantitative estimate of drug-likeness (QED) is 0.525. The van der Waals surface area contributed by atoms with Gasteiger partial charge >= 0.3 is 6.36 Å². The normalized spacial score (nSPS) is 16.8. The second-order valence-electron chi connectivity index (χ2n) is 5.79. The van der Waals surface area contributed by atoms with Crippen molar-refractivity contribution in [3.8, 4) is 0 Å². The van der Waals surface area contributed by atoms with Gasteiger partial charge in [0.1, 0.15) is 5.76 Å². The Kier molecular flexibility index (Phi) is 5.89. The zero-order valence-corrected chi connectivity index (χ0v) is 14.2. The van der Waals surface area contributed by atoms with Gasteiger partial charge in [0.25, 0.3) is 0 Å². The van der Waals surface area contributed by atoms with E-state index in [9.17, 15) is 13.2 Å². The van der Waals surface area contributed by atoms with Crippen LogP contribution in [0.3, 0.4) is 0 Å². The molecule has 130 valence electrons. The van der Waals surface area contributed by atoms with E-state index in [-0.39, 0.29) is 5.76 Å². The van der Waals surface area contributed by atoms with Crippen LogP contribution in [0.25, 0.3) is 5.57 Å². The molecule has 0 amide bonds. The molecular weight excluding hydrogens is 315 g/mol. The molecule has 1 aromatic carbocycles. The van der Waals surface area contributed by atoms with E-state index in [1.54, 1.807) is 25.2 Å². The lowest BCUT2D eigenvalue weighted by Crippen LogP contribution is -2.14. The van der Waals surface area contributed by atoms with Crippen molar-refractivity contribution >= 4 is 5.57 Å². The molecule has 0 bridgehead atoms. The fourth-order valence-electron chi connectivity index (χ4n) is 2.76. The first-order chi connectivity index (χ1) is 11.3. The summed E-state index contributed by atoms with van der Waals surface area (Å²) in [6, 6.07) is 5.79. The summed E-state index contributed by atoms with van der Waals surface area (Å²) in [5, 5.41) is 0. The molecule has 1 aliphatic heterocycles. The van der Waals surface area contributed by atoms with Crippen molar-refractivity contribution in [1.29, 1.82) is 0 Å². The van der Waals surface area contributed by atoms with Crippen LogP contribution in [0.2, 0.25) is 0 Å². The number of ether oxygens (including phenoxy) is 1. The van der Waals surface area contributed by atoms with E-state index in [2.05, 4.69) is 9.64 Å². The molecule has 0 atom stereocenters. The predicted molar refractivity (Wildman–Crippen MR) is 89.9 cm³/mol. The standard InChI is InChI=1S/C19H22F3NO/c1-4-6-8-17(18(7-5-2)24-19(20,21)22)14-9-10-15-12-23(3)13-16(15)11-14/h4,6-11H,5,12-13H2,1-3H3/b6-4-,17-8-,18-7-. The first kappa shape index (κ1) is 18.3. The van der Waals surface area contributed by atoms with Gasteiger partial charge in [-0.1, -0.05) is 37.3 Å². The Hall–Kier alpha value is -2.01. The van der Waals surface area contributed by atoms with E-state index < -0.39 is 6.36 Å². The lowest BCUT2D eigenvalue weighted by Gasteiger charge is -2.16. The number of alkyl halides is 3. The fraction of sp³-hybridized carbons (Fsp3) is 0.368. The third-order valence-corrected chi connectivity index (χ3v) is 3.73. The van der Waals surface area contributed by atoms with Crippen LogP contribution in [-0.4, -0.2) is 18.3 Å². The lowest BCUT2D eigenvalue weighted by atomic mass is 9.98. The predicted octanol–water partition coefficient (Wildman–Crippen LogP) is 5.42. The SMILES string of the molecule is C\C=C/C=C(\C(=C\CC)OC(F)(F)F)c1ccc2c(c1)CN(C)C2. The molecule has 1 aromatic rings. The highest BCUT2D eigenvalue weighted by Gasteiger charge is 2.33. The molecule has 24 heavy (non-hydrogen) atoms. The molecule has 0 fully saturated rings. The molecule has 0 saturated heterocycles. The molecule has 0 radical (unpaired) electrons. The largest absolute Gasteiger partial charge is 0.573 e. The average molecular weight is 337 g/mol. The molecule has 0 saturated carbocycles. The summed E-state index contributed by atoms with van der Waals surface area (Å²) in [4.78, 5) is 2.17. The van der Waals surface area contributed by atoms with Crippen LogP contribution in [0.4, 0.5) is 13.2 Å². The number of fused-ring (bicyclic) bond motifs is 1. The van der Waals surface area contributed by atoms with Crippen molar-refractivity contribution in [2.75, 3.05) is 7.05 Å². The number of hydrogen-bond donors (Lipinski definition) is 0. The van der Waals surface area contributed by atoms with Crippen LogP contribution in [0.1, 0.15) is 37.0 Å². The van der Waals surface area contributed by atoms with Crippen LogP contribution in [0.5, 0.6) is 0 Å². The summed E-state index contributed by atoms with van der Waals surface area (Å²) >= 11 is 0. The van der Waals surface area contributed by atoms with Crippen LogP contribution >= 0.6 is 0 Å². The fourth-order valence-corrected chi connectivity index (χ4v) is 2.76. The molecule has 2 nitrogen and oxygen atoms in total. The van der Waals surface area contributed by atoms with Crippen molar-refractivity contribution in [1.82, 2.24) is 4.90 Å². The first-order valence-electron chi connectivity index (χ1n) is 7.94. The zero-order valence-electron chi connectivity index (χ0n) is 14.2. The zero-order chi connectivity index (χ0) is 17.7.